The van der Waals surface area contributed by atoms with Gasteiger partial charge in [-0.2, -0.15) is 9.50 Å². The van der Waals surface area contributed by atoms with Gasteiger partial charge in [-0.25, -0.2) is 9.78 Å². The quantitative estimate of drug-likeness (QED) is 0.214. The fourth-order valence-electron chi connectivity index (χ4n) is 4.73. The zero-order valence-electron chi connectivity index (χ0n) is 22.6. The summed E-state index contributed by atoms with van der Waals surface area (Å²) in [5.74, 6) is 0.904. The van der Waals surface area contributed by atoms with E-state index < -0.39 is 6.03 Å². The van der Waals surface area contributed by atoms with Crippen molar-refractivity contribution in [2.24, 2.45) is 0 Å². The minimum Gasteiger partial charge on any atom is -0.366 e. The Bertz CT molecular complexity index is 1870. The van der Waals surface area contributed by atoms with E-state index >= 15 is 0 Å². The van der Waals surface area contributed by atoms with Crippen molar-refractivity contribution in [3.8, 4) is 11.3 Å². The normalized spacial score (nSPS) is 11.0. The first-order chi connectivity index (χ1) is 20.4. The Hall–Kier alpha value is -5.35. The van der Waals surface area contributed by atoms with Crippen LogP contribution in [0, 0.1) is 6.92 Å². The molecule has 0 aliphatic rings. The van der Waals surface area contributed by atoms with Crippen molar-refractivity contribution in [3.05, 3.63) is 124 Å². The number of carbonyl (C=O) groups excluding carboxylic acids is 1. The summed E-state index contributed by atoms with van der Waals surface area (Å²) in [7, 11) is 0. The predicted molar refractivity (Wildman–Crippen MR) is 164 cm³/mol. The molecule has 0 radical (unpaired) electrons. The molecule has 4 N–H and O–H groups in total. The summed E-state index contributed by atoms with van der Waals surface area (Å²) in [6.45, 7) is 1.97. The molecule has 0 aliphatic heterocycles. The van der Waals surface area contributed by atoms with Gasteiger partial charge in [0.05, 0.1) is 11.4 Å². The third kappa shape index (κ3) is 5.89. The number of amides is 2. The van der Waals surface area contributed by atoms with Crippen LogP contribution in [0.2, 0.25) is 5.02 Å². The Kier molecular flexibility index (Phi) is 7.44. The van der Waals surface area contributed by atoms with Crippen LogP contribution in [0.3, 0.4) is 0 Å². The summed E-state index contributed by atoms with van der Waals surface area (Å²) < 4.78 is 1.66. The SMILES string of the molecule is Cc1c(Cc2ccc(Cl)cc2)c(Cc2ccccc2NC(=O)Nc2ccc(-c3ccccc3)nn2)nc2nc(N)nn12. The third-order valence-corrected chi connectivity index (χ3v) is 7.09. The van der Waals surface area contributed by atoms with Crippen molar-refractivity contribution in [3.63, 3.8) is 0 Å². The molecule has 42 heavy (non-hydrogen) atoms. The topological polar surface area (TPSA) is 136 Å². The largest absolute Gasteiger partial charge is 0.366 e. The highest BCUT2D eigenvalue weighted by molar-refractivity contribution is 6.30. The van der Waals surface area contributed by atoms with Gasteiger partial charge in [-0.15, -0.1) is 15.3 Å². The molecule has 6 rings (SSSR count). The molecule has 0 aliphatic carbocycles. The Balaban J connectivity index is 1.25. The van der Waals surface area contributed by atoms with Gasteiger partial charge in [0.15, 0.2) is 5.82 Å². The molecule has 0 unspecified atom stereocenters. The van der Waals surface area contributed by atoms with Gasteiger partial charge in [0, 0.05) is 34.8 Å². The maximum absolute atomic E-state index is 13.0. The number of para-hydroxylation sites is 1. The molecule has 6 aromatic rings. The molecule has 0 atom stereocenters. The zero-order chi connectivity index (χ0) is 29.1. The Morgan fingerprint density at radius 3 is 2.38 bits per heavy atom. The van der Waals surface area contributed by atoms with Gasteiger partial charge in [-0.05, 0) is 53.9 Å². The van der Waals surface area contributed by atoms with E-state index in [4.69, 9.17) is 22.3 Å². The number of hydrogen-bond donors (Lipinski definition) is 3. The van der Waals surface area contributed by atoms with Crippen molar-refractivity contribution in [2.45, 2.75) is 19.8 Å². The summed E-state index contributed by atoms with van der Waals surface area (Å²) in [5, 5.41) is 19.1. The lowest BCUT2D eigenvalue weighted by Crippen LogP contribution is -2.21. The van der Waals surface area contributed by atoms with Crippen LogP contribution >= 0.6 is 11.6 Å². The lowest BCUT2D eigenvalue weighted by atomic mass is 9.97. The van der Waals surface area contributed by atoms with Crippen LogP contribution < -0.4 is 16.4 Å². The number of benzene rings is 3. The molecule has 0 saturated carbocycles. The van der Waals surface area contributed by atoms with Crippen molar-refractivity contribution in [1.82, 2.24) is 29.8 Å². The first-order valence-electron chi connectivity index (χ1n) is 13.2. The van der Waals surface area contributed by atoms with Crippen LogP contribution in [0.4, 0.5) is 22.2 Å². The molecule has 208 valence electrons. The third-order valence-electron chi connectivity index (χ3n) is 6.84. The Morgan fingerprint density at radius 2 is 1.62 bits per heavy atom. The van der Waals surface area contributed by atoms with Crippen LogP contribution in [0.5, 0.6) is 0 Å². The van der Waals surface area contributed by atoms with E-state index in [0.717, 1.165) is 39.3 Å². The average molecular weight is 576 g/mol. The number of nitrogens with two attached hydrogens (primary N) is 1. The van der Waals surface area contributed by atoms with E-state index in [0.29, 0.717) is 35.1 Å². The number of anilines is 3. The van der Waals surface area contributed by atoms with E-state index in [2.05, 4.69) is 30.9 Å². The summed E-state index contributed by atoms with van der Waals surface area (Å²) >= 11 is 6.11. The Morgan fingerprint density at radius 1 is 0.857 bits per heavy atom. The van der Waals surface area contributed by atoms with Gasteiger partial charge < -0.3 is 11.1 Å². The van der Waals surface area contributed by atoms with Gasteiger partial charge >= 0.3 is 6.03 Å². The minimum atomic E-state index is -0.435. The summed E-state index contributed by atoms with van der Waals surface area (Å²) in [6.07, 6.45) is 1.05. The molecular formula is C31H26ClN9O. The number of aromatic nitrogens is 6. The number of nitrogen functional groups attached to an aromatic ring is 1. The number of halogens is 1. The number of nitrogens with zero attached hydrogens (tertiary/aromatic N) is 6. The van der Waals surface area contributed by atoms with Crippen LogP contribution in [-0.4, -0.2) is 35.8 Å². The van der Waals surface area contributed by atoms with Gasteiger partial charge in [0.25, 0.3) is 5.78 Å². The number of aryl methyl sites for hydroxylation is 1. The molecule has 3 heterocycles. The highest BCUT2D eigenvalue weighted by Gasteiger charge is 2.18. The minimum absolute atomic E-state index is 0.152. The molecule has 11 heteroatoms. The maximum atomic E-state index is 13.0. The standard InChI is InChI=1S/C31H26ClN9O/c1-19-24(17-20-11-13-23(32)14-12-20)27(34-30-37-29(33)40-41(19)30)18-22-9-5-6-10-25(22)35-31(42)36-28-16-15-26(38-39-28)21-7-3-2-4-8-21/h2-16H,17-18H2,1H3,(H2,33,40)(H2,35,36,39,42). The first kappa shape index (κ1) is 26.9. The molecule has 3 aromatic carbocycles. The zero-order valence-corrected chi connectivity index (χ0v) is 23.4. The maximum Gasteiger partial charge on any atom is 0.324 e. The average Bonchev–Trinajstić information content (AvgIpc) is 3.38. The van der Waals surface area contributed by atoms with Gasteiger partial charge in [-0.3, -0.25) is 5.32 Å². The number of nitrogens with one attached hydrogen (secondary N) is 2. The molecular weight excluding hydrogens is 550 g/mol. The molecule has 0 saturated heterocycles. The lowest BCUT2D eigenvalue weighted by Gasteiger charge is -2.16. The van der Waals surface area contributed by atoms with Crippen LogP contribution in [-0.2, 0) is 12.8 Å². The monoisotopic (exact) mass is 575 g/mol. The van der Waals surface area contributed by atoms with E-state index in [1.807, 2.05) is 91.9 Å². The van der Waals surface area contributed by atoms with Crippen molar-refractivity contribution in [1.29, 1.82) is 0 Å². The number of rotatable bonds is 7. The van der Waals surface area contributed by atoms with Crippen molar-refractivity contribution in [2.75, 3.05) is 16.4 Å². The fraction of sp³-hybridized carbons (Fsp3) is 0.0968. The fourth-order valence-corrected chi connectivity index (χ4v) is 4.86. The highest BCUT2D eigenvalue weighted by atomic mass is 35.5. The van der Waals surface area contributed by atoms with Crippen LogP contribution in [0.25, 0.3) is 17.0 Å². The number of fused-ring (bicyclic) bond motifs is 1. The first-order valence-corrected chi connectivity index (χ1v) is 13.6. The highest BCUT2D eigenvalue weighted by Crippen LogP contribution is 2.25. The smallest absolute Gasteiger partial charge is 0.324 e. The van der Waals surface area contributed by atoms with Crippen molar-refractivity contribution < 1.29 is 4.79 Å². The van der Waals surface area contributed by atoms with E-state index in [1.54, 1.807) is 10.6 Å². The second-order valence-electron chi connectivity index (χ2n) is 9.69. The number of urea groups is 1. The summed E-state index contributed by atoms with van der Waals surface area (Å²) in [6, 6.07) is 28.1. The van der Waals surface area contributed by atoms with E-state index in [9.17, 15) is 4.79 Å². The molecule has 0 bridgehead atoms. The van der Waals surface area contributed by atoms with Gasteiger partial charge in [0.2, 0.25) is 5.95 Å². The van der Waals surface area contributed by atoms with Crippen molar-refractivity contribution >= 4 is 40.9 Å². The second-order valence-corrected chi connectivity index (χ2v) is 10.1. The summed E-state index contributed by atoms with van der Waals surface area (Å²) in [5.41, 5.74) is 12.8. The lowest BCUT2D eigenvalue weighted by molar-refractivity contribution is 0.262. The van der Waals surface area contributed by atoms with E-state index in [1.165, 1.54) is 0 Å². The molecule has 2 amide bonds. The number of carbonyl (C=O) groups is 1. The molecule has 0 fully saturated rings. The van der Waals surface area contributed by atoms with Gasteiger partial charge in [-0.1, -0.05) is 72.3 Å². The van der Waals surface area contributed by atoms with Crippen LogP contribution in [0.15, 0.2) is 91.0 Å². The predicted octanol–water partition coefficient (Wildman–Crippen LogP) is 5.95. The molecule has 3 aromatic heterocycles. The summed E-state index contributed by atoms with van der Waals surface area (Å²) in [4.78, 5) is 22.1. The Labute approximate surface area is 246 Å². The van der Waals surface area contributed by atoms with Crippen LogP contribution in [0.1, 0.15) is 28.1 Å². The van der Waals surface area contributed by atoms with E-state index in [-0.39, 0.29) is 5.95 Å². The van der Waals surface area contributed by atoms with Gasteiger partial charge in [0.1, 0.15) is 0 Å². The molecule has 10 nitrogen and oxygen atoms in total. The second kappa shape index (κ2) is 11.6. The number of hydrogen-bond acceptors (Lipinski definition) is 7. The molecule has 0 spiro atoms.